The van der Waals surface area contributed by atoms with E-state index in [4.69, 9.17) is 21.1 Å². The van der Waals surface area contributed by atoms with Crippen LogP contribution >= 0.6 is 22.9 Å². The van der Waals surface area contributed by atoms with Crippen molar-refractivity contribution in [2.75, 3.05) is 27.8 Å². The fourth-order valence-electron chi connectivity index (χ4n) is 2.01. The third kappa shape index (κ3) is 4.98. The minimum Gasteiger partial charge on any atom is -0.493 e. The van der Waals surface area contributed by atoms with E-state index < -0.39 is 28.5 Å². The van der Waals surface area contributed by atoms with E-state index in [1.807, 2.05) is 0 Å². The summed E-state index contributed by atoms with van der Waals surface area (Å²) in [6, 6.07) is 6.92. The van der Waals surface area contributed by atoms with Gasteiger partial charge in [-0.3, -0.25) is 4.79 Å². The summed E-state index contributed by atoms with van der Waals surface area (Å²) in [5.41, 5.74) is 0.211. The van der Waals surface area contributed by atoms with Crippen LogP contribution in [0.3, 0.4) is 0 Å². The van der Waals surface area contributed by atoms with Crippen molar-refractivity contribution in [3.63, 3.8) is 0 Å². The van der Waals surface area contributed by atoms with Gasteiger partial charge in [0.25, 0.3) is 10.0 Å². The average Bonchev–Trinajstić information content (AvgIpc) is 3.08. The fraction of sp³-hybridized carbons (Fsp3) is 0.250. The first-order valence-electron chi connectivity index (χ1n) is 7.37. The zero-order valence-corrected chi connectivity index (χ0v) is 17.0. The van der Waals surface area contributed by atoms with Gasteiger partial charge in [0.15, 0.2) is 11.5 Å². The highest BCUT2D eigenvalue weighted by molar-refractivity contribution is 7.91. The molecule has 11 heteroatoms. The molecule has 0 amide bonds. The number of carbonyl (C=O) groups excluding carboxylic acids is 2. The molecule has 1 aromatic heterocycles. The molecule has 2 rings (SSSR count). The molecule has 1 heterocycles. The second kappa shape index (κ2) is 8.70. The van der Waals surface area contributed by atoms with E-state index in [0.717, 1.165) is 15.6 Å². The Morgan fingerprint density at radius 2 is 1.85 bits per heavy atom. The highest BCUT2D eigenvalue weighted by Crippen LogP contribution is 2.29. The first-order chi connectivity index (χ1) is 12.7. The molecule has 0 aliphatic carbocycles. The molecular formula is C16H16ClNO7S2. The maximum Gasteiger partial charge on any atom is 0.337 e. The van der Waals surface area contributed by atoms with Crippen molar-refractivity contribution in [2.45, 2.75) is 4.21 Å². The van der Waals surface area contributed by atoms with Crippen molar-refractivity contribution in [1.29, 1.82) is 0 Å². The zero-order chi connectivity index (χ0) is 20.2. The first-order valence-corrected chi connectivity index (χ1v) is 10.0. The number of halogens is 1. The van der Waals surface area contributed by atoms with Gasteiger partial charge in [-0.2, -0.15) is 4.31 Å². The van der Waals surface area contributed by atoms with E-state index >= 15 is 0 Å². The Labute approximate surface area is 165 Å². The summed E-state index contributed by atoms with van der Waals surface area (Å²) in [7, 11) is -0.0426. The Morgan fingerprint density at radius 1 is 1.15 bits per heavy atom. The Hall–Kier alpha value is -2.14. The number of benzene rings is 1. The molecule has 146 valence electrons. The molecule has 0 atom stereocenters. The third-order valence-electron chi connectivity index (χ3n) is 3.37. The number of likely N-dealkylation sites (N-methyl/N-ethyl adjacent to an activating group) is 1. The highest BCUT2D eigenvalue weighted by Gasteiger charge is 2.26. The Morgan fingerprint density at radius 3 is 2.41 bits per heavy atom. The van der Waals surface area contributed by atoms with Gasteiger partial charge in [0.2, 0.25) is 0 Å². The average molecular weight is 434 g/mol. The number of hydrogen-bond acceptors (Lipinski definition) is 8. The number of rotatable bonds is 7. The van der Waals surface area contributed by atoms with Crippen molar-refractivity contribution < 1.29 is 32.2 Å². The summed E-state index contributed by atoms with van der Waals surface area (Å²) in [4.78, 5) is 23.7. The molecule has 0 N–H and O–H groups in total. The van der Waals surface area contributed by atoms with E-state index in [9.17, 15) is 18.0 Å². The fourth-order valence-corrected chi connectivity index (χ4v) is 4.82. The number of carbonyl (C=O) groups is 2. The van der Waals surface area contributed by atoms with E-state index in [1.54, 1.807) is 0 Å². The lowest BCUT2D eigenvalue weighted by molar-refractivity contribution is -0.134. The molecule has 0 aliphatic rings. The summed E-state index contributed by atoms with van der Waals surface area (Å²) >= 11 is 6.65. The predicted octanol–water partition coefficient (Wildman–Crippen LogP) is 2.42. The van der Waals surface area contributed by atoms with Crippen LogP contribution in [-0.4, -0.2) is 52.5 Å². The third-order valence-corrected chi connectivity index (χ3v) is 6.88. The monoisotopic (exact) mass is 433 g/mol. The zero-order valence-electron chi connectivity index (χ0n) is 14.6. The number of esters is 2. The van der Waals surface area contributed by atoms with Crippen molar-refractivity contribution >= 4 is 44.9 Å². The molecule has 2 aromatic rings. The van der Waals surface area contributed by atoms with E-state index in [0.29, 0.717) is 4.34 Å². The predicted molar refractivity (Wildman–Crippen MR) is 99.1 cm³/mol. The Balaban J connectivity index is 2.12. The van der Waals surface area contributed by atoms with Crippen LogP contribution in [-0.2, 0) is 19.6 Å². The van der Waals surface area contributed by atoms with Crippen molar-refractivity contribution in [3.8, 4) is 11.5 Å². The number of methoxy groups -OCH3 is 2. The molecule has 27 heavy (non-hydrogen) atoms. The lowest BCUT2D eigenvalue weighted by Crippen LogP contribution is -2.33. The van der Waals surface area contributed by atoms with Gasteiger partial charge in [0, 0.05) is 7.05 Å². The maximum atomic E-state index is 12.4. The van der Waals surface area contributed by atoms with Crippen LogP contribution in [0.5, 0.6) is 11.5 Å². The SMILES string of the molecule is COC(=O)c1ccc(OC(=O)CN(C)S(=O)(=O)c2ccc(Cl)s2)c(OC)c1. The number of sulfonamides is 1. The van der Waals surface area contributed by atoms with E-state index in [-0.39, 0.29) is 21.3 Å². The molecule has 0 bridgehead atoms. The maximum absolute atomic E-state index is 12.4. The van der Waals surface area contributed by atoms with Gasteiger partial charge in [-0.25, -0.2) is 13.2 Å². The largest absolute Gasteiger partial charge is 0.493 e. The Kier molecular flexibility index (Phi) is 6.82. The molecule has 0 aliphatic heterocycles. The number of thiophene rings is 1. The van der Waals surface area contributed by atoms with E-state index in [1.165, 1.54) is 51.6 Å². The molecular weight excluding hydrogens is 418 g/mol. The standard InChI is InChI=1S/C16H16ClNO7S2/c1-18(27(21,22)15-7-6-13(17)26-15)9-14(19)25-11-5-4-10(16(20)24-3)8-12(11)23-2/h4-8H,9H2,1-3H3. The minimum absolute atomic E-state index is 0.0165. The van der Waals surface area contributed by atoms with Crippen LogP contribution in [0, 0.1) is 0 Å². The van der Waals surface area contributed by atoms with Crippen LogP contribution < -0.4 is 9.47 Å². The van der Waals surface area contributed by atoms with Gasteiger partial charge in [-0.05, 0) is 30.3 Å². The molecule has 0 fully saturated rings. The molecule has 0 saturated heterocycles. The summed E-state index contributed by atoms with van der Waals surface area (Å²) in [6.45, 7) is -0.528. The molecule has 0 radical (unpaired) electrons. The number of hydrogen-bond donors (Lipinski definition) is 0. The van der Waals surface area contributed by atoms with Crippen molar-refractivity contribution in [1.82, 2.24) is 4.31 Å². The number of nitrogens with zero attached hydrogens (tertiary/aromatic N) is 1. The molecule has 0 saturated carbocycles. The summed E-state index contributed by atoms with van der Waals surface area (Å²) < 4.78 is 40.9. The second-order valence-electron chi connectivity index (χ2n) is 5.15. The Bertz CT molecular complexity index is 955. The topological polar surface area (TPSA) is 99.2 Å². The van der Waals surface area contributed by atoms with Gasteiger partial charge >= 0.3 is 11.9 Å². The first kappa shape index (κ1) is 21.2. The van der Waals surface area contributed by atoms with Gasteiger partial charge in [-0.15, -0.1) is 11.3 Å². The van der Waals surface area contributed by atoms with Crippen LogP contribution in [0.15, 0.2) is 34.5 Å². The summed E-state index contributed by atoms with van der Waals surface area (Å²) in [5.74, 6) is -1.23. The molecule has 0 spiro atoms. The summed E-state index contributed by atoms with van der Waals surface area (Å²) in [6.07, 6.45) is 0. The van der Waals surface area contributed by atoms with Gasteiger partial charge in [0.1, 0.15) is 10.8 Å². The molecule has 1 aromatic carbocycles. The normalized spacial score (nSPS) is 11.3. The lowest BCUT2D eigenvalue weighted by Gasteiger charge is -2.16. The minimum atomic E-state index is -3.87. The second-order valence-corrected chi connectivity index (χ2v) is 9.14. The van der Waals surface area contributed by atoms with Gasteiger partial charge in [0.05, 0.1) is 24.1 Å². The highest BCUT2D eigenvalue weighted by atomic mass is 35.5. The smallest absolute Gasteiger partial charge is 0.337 e. The van der Waals surface area contributed by atoms with Crippen molar-refractivity contribution in [2.24, 2.45) is 0 Å². The van der Waals surface area contributed by atoms with Crippen molar-refractivity contribution in [3.05, 3.63) is 40.2 Å². The quantitative estimate of drug-likeness (QED) is 0.488. The number of ether oxygens (including phenoxy) is 3. The molecule has 8 nitrogen and oxygen atoms in total. The van der Waals surface area contributed by atoms with Crippen LogP contribution in [0.1, 0.15) is 10.4 Å². The summed E-state index contributed by atoms with van der Waals surface area (Å²) in [5, 5.41) is 0. The van der Waals surface area contributed by atoms with Crippen LogP contribution in [0.2, 0.25) is 4.34 Å². The lowest BCUT2D eigenvalue weighted by atomic mass is 10.2. The van der Waals surface area contributed by atoms with Crippen LogP contribution in [0.4, 0.5) is 0 Å². The van der Waals surface area contributed by atoms with Gasteiger partial charge in [-0.1, -0.05) is 11.6 Å². The molecule has 0 unspecified atom stereocenters. The van der Waals surface area contributed by atoms with Crippen LogP contribution in [0.25, 0.3) is 0 Å². The van der Waals surface area contributed by atoms with E-state index in [2.05, 4.69) is 4.74 Å². The van der Waals surface area contributed by atoms with Gasteiger partial charge < -0.3 is 14.2 Å².